The normalized spacial score (nSPS) is 13.1. The molecule has 2 aliphatic carbocycles. The molecule has 0 N–H and O–H groups in total. The minimum Gasteiger partial charge on any atom is -1.00 e. The van der Waals surface area contributed by atoms with Gasteiger partial charge in [0.1, 0.15) is 0 Å². The van der Waals surface area contributed by atoms with E-state index in [1.54, 1.807) is 0 Å². The Morgan fingerprint density at radius 3 is 1.61 bits per heavy atom. The van der Waals surface area contributed by atoms with Crippen molar-refractivity contribution in [2.75, 3.05) is 0 Å². The van der Waals surface area contributed by atoms with Crippen LogP contribution in [-0.4, -0.2) is 0 Å². The summed E-state index contributed by atoms with van der Waals surface area (Å²) in [6.45, 7) is 14.3. The standard InChI is InChI=1S/C51H43Br2.2ClH.Zr/c1-50(2,3)43-31-41-37(29-40(43)32-15-9-7-10-16-32)30-42-45(33-19-13-14-20-33)46(34-17-11-8-12-18-34)49(51(4,5)6)48(47(41)42)44(35-21-25-38(52)26-22-35)36-23-27-39(53)28-24-36;;;/h7-19,21-29,31H,20H2,1-6H3;2*1H;/q;;;+2/p-2. The van der Waals surface area contributed by atoms with Gasteiger partial charge in [-0.25, -0.2) is 0 Å². The predicted molar refractivity (Wildman–Crippen MR) is 232 cm³/mol. The number of allylic oxidation sites excluding steroid dienone is 4. The van der Waals surface area contributed by atoms with Crippen LogP contribution in [0.2, 0.25) is 0 Å². The monoisotopic (exact) mass is 973 g/mol. The summed E-state index contributed by atoms with van der Waals surface area (Å²) in [5.74, 6) is 0. The van der Waals surface area contributed by atoms with E-state index in [2.05, 4.69) is 213 Å². The average Bonchev–Trinajstić information content (AvgIpc) is 3.79. The third kappa shape index (κ3) is 7.77. The topological polar surface area (TPSA) is 0 Å². The van der Waals surface area contributed by atoms with E-state index in [-0.39, 0.29) is 35.6 Å². The van der Waals surface area contributed by atoms with Crippen LogP contribution in [0.4, 0.5) is 0 Å². The molecule has 0 nitrogen and oxygen atoms in total. The fraction of sp³-hybridized carbons (Fsp3) is 0.176. The molecule has 5 heteroatoms. The molecule has 2 aliphatic rings. The van der Waals surface area contributed by atoms with Gasteiger partial charge in [-0.1, -0.05) is 0 Å². The number of halogens is 4. The maximum Gasteiger partial charge on any atom is -1.00 e. The van der Waals surface area contributed by atoms with Gasteiger partial charge in [0.25, 0.3) is 0 Å². The minimum absolute atomic E-state index is 0. The molecule has 0 aromatic heterocycles. The van der Waals surface area contributed by atoms with Gasteiger partial charge < -0.3 is 24.8 Å². The van der Waals surface area contributed by atoms with Gasteiger partial charge in [0, 0.05) is 0 Å². The molecule has 0 bridgehead atoms. The van der Waals surface area contributed by atoms with Gasteiger partial charge in [-0.15, -0.1) is 0 Å². The van der Waals surface area contributed by atoms with Gasteiger partial charge in [-0.05, 0) is 0 Å². The minimum atomic E-state index is -0.215. The maximum absolute atomic E-state index is 3.76. The zero-order valence-electron chi connectivity index (χ0n) is 32.5. The van der Waals surface area contributed by atoms with E-state index in [0.29, 0.717) is 0 Å². The SMILES string of the molecule is CC(C)(C)c1cc2c(cc1-c1ccccc1)=[C]([Zr+2])c1c(C3=CC=CC3)c(-c3ccccc3)c(C(C)(C)C)c(=C(c3ccc(Br)cc3)c3ccc(Br)cc3)c1=2.[Cl-].[Cl-]. The van der Waals surface area contributed by atoms with Crippen LogP contribution in [-0.2, 0) is 35.5 Å². The number of benzene rings is 6. The summed E-state index contributed by atoms with van der Waals surface area (Å²) in [4.78, 5) is 0. The Morgan fingerprint density at radius 1 is 0.589 bits per heavy atom. The van der Waals surface area contributed by atoms with Crippen LogP contribution in [0.25, 0.3) is 36.7 Å². The van der Waals surface area contributed by atoms with E-state index in [4.69, 9.17) is 0 Å². The van der Waals surface area contributed by atoms with Crippen LogP contribution in [0.1, 0.15) is 81.3 Å². The summed E-state index contributed by atoms with van der Waals surface area (Å²) in [5, 5.41) is 5.42. The Hall–Kier alpha value is -3.04. The van der Waals surface area contributed by atoms with Gasteiger partial charge in [-0.2, -0.15) is 0 Å². The van der Waals surface area contributed by atoms with Crippen LogP contribution in [0.5, 0.6) is 0 Å². The van der Waals surface area contributed by atoms with Crippen molar-refractivity contribution in [1.82, 2.24) is 0 Å². The fourth-order valence-electron chi connectivity index (χ4n) is 8.43. The molecule has 0 radical (unpaired) electrons. The molecule has 0 fully saturated rings. The van der Waals surface area contributed by atoms with E-state index < -0.39 is 0 Å². The summed E-state index contributed by atoms with van der Waals surface area (Å²) in [6.07, 6.45) is 7.86. The molecule has 279 valence electrons. The number of hydrogen-bond donors (Lipinski definition) is 0. The first-order chi connectivity index (χ1) is 25.8. The van der Waals surface area contributed by atoms with Gasteiger partial charge >= 0.3 is 355 Å². The van der Waals surface area contributed by atoms with E-state index in [0.717, 1.165) is 15.4 Å². The van der Waals surface area contributed by atoms with E-state index in [9.17, 15) is 0 Å². The van der Waals surface area contributed by atoms with Crippen LogP contribution >= 0.6 is 31.9 Å². The van der Waals surface area contributed by atoms with E-state index in [1.807, 2.05) is 0 Å². The Bertz CT molecular complexity index is 2690. The summed E-state index contributed by atoms with van der Waals surface area (Å²) >= 11 is 8.93. The van der Waals surface area contributed by atoms with Crippen molar-refractivity contribution in [3.8, 4) is 22.3 Å². The third-order valence-corrected chi connectivity index (χ3v) is 13.1. The quantitative estimate of drug-likeness (QED) is 0.174. The first kappa shape index (κ1) is 42.6. The molecule has 0 aliphatic heterocycles. The zero-order valence-corrected chi connectivity index (χ0v) is 39.6. The maximum atomic E-state index is 3.76. The summed E-state index contributed by atoms with van der Waals surface area (Å²) in [7, 11) is 0. The summed E-state index contributed by atoms with van der Waals surface area (Å²) < 4.78 is 3.58. The van der Waals surface area contributed by atoms with Crippen LogP contribution in [0.15, 0.2) is 149 Å². The first-order valence-electron chi connectivity index (χ1n) is 18.7. The van der Waals surface area contributed by atoms with Gasteiger partial charge in [0.05, 0.1) is 0 Å². The Morgan fingerprint density at radius 2 is 1.12 bits per heavy atom. The number of hydrogen-bond acceptors (Lipinski definition) is 0. The van der Waals surface area contributed by atoms with Crippen LogP contribution in [0, 0.1) is 10.4 Å². The third-order valence-electron chi connectivity index (χ3n) is 10.8. The molecule has 56 heavy (non-hydrogen) atoms. The van der Waals surface area contributed by atoms with Crippen molar-refractivity contribution in [2.24, 2.45) is 0 Å². The van der Waals surface area contributed by atoms with E-state index in [1.165, 1.54) is 116 Å². The molecule has 0 amide bonds. The van der Waals surface area contributed by atoms with Crippen molar-refractivity contribution < 1.29 is 49.5 Å². The Labute approximate surface area is 376 Å². The van der Waals surface area contributed by atoms with Crippen molar-refractivity contribution in [3.63, 3.8) is 0 Å². The molecule has 0 heterocycles. The summed E-state index contributed by atoms with van der Waals surface area (Å²) in [6, 6.07) is 45.2. The fourth-order valence-corrected chi connectivity index (χ4v) is 10.1. The van der Waals surface area contributed by atoms with Gasteiger partial charge in [0.2, 0.25) is 0 Å². The summed E-state index contributed by atoms with van der Waals surface area (Å²) in [5.41, 5.74) is 15.5. The van der Waals surface area contributed by atoms with Crippen molar-refractivity contribution in [1.29, 1.82) is 0 Å². The van der Waals surface area contributed by atoms with Gasteiger partial charge in [-0.3, -0.25) is 0 Å². The van der Waals surface area contributed by atoms with Gasteiger partial charge in [0.15, 0.2) is 0 Å². The van der Waals surface area contributed by atoms with Crippen molar-refractivity contribution >= 4 is 46.3 Å². The zero-order chi connectivity index (χ0) is 37.9. The second kappa shape index (κ2) is 16.7. The Kier molecular flexibility index (Phi) is 12.7. The number of rotatable bonds is 5. The predicted octanol–water partition coefficient (Wildman–Crippen LogP) is 7.04. The van der Waals surface area contributed by atoms with E-state index >= 15 is 0 Å². The molecule has 6 aromatic rings. The molecule has 8 rings (SSSR count). The first-order valence-corrected chi connectivity index (χ1v) is 21.5. The second-order valence-electron chi connectivity index (χ2n) is 16.5. The molecular formula is C51H43Br2Cl2Zr. The van der Waals surface area contributed by atoms with Crippen LogP contribution < -0.4 is 35.3 Å². The molecule has 0 atom stereocenters. The number of fused-ring (bicyclic) bond motifs is 2. The molecule has 0 saturated heterocycles. The second-order valence-corrected chi connectivity index (χ2v) is 19.6. The van der Waals surface area contributed by atoms with Crippen molar-refractivity contribution in [3.05, 3.63) is 203 Å². The van der Waals surface area contributed by atoms with Crippen molar-refractivity contribution in [2.45, 2.75) is 58.8 Å². The molecule has 6 aromatic carbocycles. The molecular weight excluding hydrogens is 934 g/mol. The molecule has 0 unspecified atom stereocenters. The van der Waals surface area contributed by atoms with Crippen LogP contribution in [0.3, 0.4) is 0 Å². The smallest absolute Gasteiger partial charge is 1.00 e. The molecule has 0 spiro atoms. The average molecular weight is 978 g/mol. The largest absolute Gasteiger partial charge is 1.00 e. The Balaban J connectivity index is 0.00000266. The molecule has 0 saturated carbocycles.